The summed E-state index contributed by atoms with van der Waals surface area (Å²) in [7, 11) is -2.56. The van der Waals surface area contributed by atoms with Crippen LogP contribution in [0.25, 0.3) is 0 Å². The molecule has 54 valence electrons. The summed E-state index contributed by atoms with van der Waals surface area (Å²) in [6.45, 7) is 0. The van der Waals surface area contributed by atoms with Crippen molar-refractivity contribution >= 4 is 13.0 Å². The van der Waals surface area contributed by atoms with Gasteiger partial charge in [-0.2, -0.15) is 0 Å². The molecule has 0 unspecified atom stereocenters. The number of aromatic nitrogens is 2. The molecule has 0 aliphatic rings. The third-order valence-corrected chi connectivity index (χ3v) is 0.781. The molecule has 11 heavy (non-hydrogen) atoms. The van der Waals surface area contributed by atoms with Crippen LogP contribution in [0.4, 0.5) is 8.63 Å². The van der Waals surface area contributed by atoms with Gasteiger partial charge < -0.3 is 4.70 Å². The summed E-state index contributed by atoms with van der Waals surface area (Å²) in [5.41, 5.74) is -0.419. The van der Waals surface area contributed by atoms with E-state index in [2.05, 4.69) is 9.97 Å². The van der Waals surface area contributed by atoms with Gasteiger partial charge in [0.25, 0.3) is 0 Å². The molecule has 0 aliphatic carbocycles. The van der Waals surface area contributed by atoms with Gasteiger partial charge in [0.05, 0.1) is 0 Å². The van der Waals surface area contributed by atoms with Crippen LogP contribution in [0, 0.1) is 0 Å². The van der Waals surface area contributed by atoms with Gasteiger partial charge in [-0.15, -0.1) is 0 Å². The maximum absolute atomic E-state index is 11.6. The van der Waals surface area contributed by atoms with Crippen LogP contribution >= 0.6 is 0 Å². The van der Waals surface area contributed by atoms with Crippen molar-refractivity contribution in [3.8, 4) is 0 Å². The molecule has 0 bridgehead atoms. The van der Waals surface area contributed by atoms with Crippen molar-refractivity contribution in [1.29, 1.82) is 0 Å². The van der Waals surface area contributed by atoms with Crippen LogP contribution in [0.15, 0.2) is 18.5 Å². The Labute approximate surface area is 105 Å². The Morgan fingerprint density at radius 2 is 1.64 bits per heavy atom. The first-order valence-corrected chi connectivity index (χ1v) is 2.36. The maximum Gasteiger partial charge on any atom is 1.00 e. The van der Waals surface area contributed by atoms with E-state index in [9.17, 15) is 8.63 Å². The Bertz CT molecular complexity index is 186. The van der Waals surface area contributed by atoms with Gasteiger partial charge in [0.2, 0.25) is 0 Å². The molecule has 1 heterocycles. The summed E-state index contributed by atoms with van der Waals surface area (Å²) in [4.78, 5) is 6.63. The minimum atomic E-state index is -2.56. The second-order valence-corrected chi connectivity index (χ2v) is 1.41. The monoisotopic (exact) mass is 186 g/mol. The predicted octanol–water partition coefficient (Wildman–Crippen LogP) is -5.88. The number of rotatable bonds is 1. The largest absolute Gasteiger partial charge is 1.00 e. The molecule has 0 spiro atoms. The van der Waals surface area contributed by atoms with Crippen LogP contribution < -0.4 is 61.8 Å². The summed E-state index contributed by atoms with van der Waals surface area (Å²) in [6, 6.07) is 1.49. The zero-order valence-electron chi connectivity index (χ0n) is 5.84. The van der Waals surface area contributed by atoms with Gasteiger partial charge in [0, 0.05) is 12.4 Å². The topological polar surface area (TPSA) is 25.8 Å². The molecule has 2 nitrogen and oxygen atoms in total. The number of halogens is 3. The summed E-state index contributed by atoms with van der Waals surface area (Å²) < 4.78 is 23.3. The molecule has 0 radical (unpaired) electrons. The average molecular weight is 186 g/mol. The van der Waals surface area contributed by atoms with Crippen LogP contribution in [0.3, 0.4) is 0 Å². The van der Waals surface area contributed by atoms with Crippen LogP contribution in [0.2, 0.25) is 0 Å². The van der Waals surface area contributed by atoms with Crippen LogP contribution in [0.1, 0.15) is 0 Å². The van der Waals surface area contributed by atoms with E-state index in [1.165, 1.54) is 18.5 Å². The maximum atomic E-state index is 11.6. The number of nitrogens with zero attached hydrogens (tertiary/aromatic N) is 2. The molecule has 1 aromatic rings. The molecule has 0 N–H and O–H groups in total. The average Bonchev–Trinajstić information content (AvgIpc) is 1.90. The fraction of sp³-hybridized carbons (Fsp3) is 0. The van der Waals surface area contributed by atoms with Gasteiger partial charge in [-0.05, 0) is 6.07 Å². The Hall–Kier alpha value is 0.571. The van der Waals surface area contributed by atoms with Crippen molar-refractivity contribution in [3.63, 3.8) is 0 Å². The molecule has 0 atom stereocenters. The van der Waals surface area contributed by atoms with Gasteiger partial charge >= 0.3 is 58.7 Å². The van der Waals surface area contributed by atoms with E-state index in [4.69, 9.17) is 0 Å². The van der Waals surface area contributed by atoms with Crippen molar-refractivity contribution in [2.24, 2.45) is 0 Å². The fourth-order valence-corrected chi connectivity index (χ4v) is 0.423. The van der Waals surface area contributed by atoms with Gasteiger partial charge in [0.15, 0.2) is 5.72 Å². The second-order valence-electron chi connectivity index (χ2n) is 1.41. The molecular formula is C4H3BF3KN2. The molecule has 1 rings (SSSR count). The Kier molecular flexibility index (Phi) is 9.28. The molecule has 1 aromatic heterocycles. The van der Waals surface area contributed by atoms with Crippen LogP contribution in [0.5, 0.6) is 0 Å². The molecule has 0 aromatic carbocycles. The minimum Gasteiger partial charge on any atom is -1.00 e. The first kappa shape index (κ1) is 14.1. The van der Waals surface area contributed by atoms with Crippen molar-refractivity contribution in [2.45, 2.75) is 0 Å². The van der Waals surface area contributed by atoms with Crippen molar-refractivity contribution in [2.75, 3.05) is 0 Å². The molecule has 0 amide bonds. The quantitative estimate of drug-likeness (QED) is 0.408. The standard InChI is InChI=1S/C4H3BF2N2.FH.K/c6-5(7)4-8-2-1-3-9-4;;/h1-3H;1H;/q;;+1/p-1. The smallest absolute Gasteiger partial charge is 1.00 e. The van der Waals surface area contributed by atoms with Crippen molar-refractivity contribution in [1.82, 2.24) is 9.97 Å². The third kappa shape index (κ3) is 4.91. The second kappa shape index (κ2) is 7.23. The van der Waals surface area contributed by atoms with Crippen molar-refractivity contribution < 1.29 is 64.7 Å². The minimum absolute atomic E-state index is 0. The Morgan fingerprint density at radius 3 is 1.91 bits per heavy atom. The summed E-state index contributed by atoms with van der Waals surface area (Å²) in [5.74, 6) is 0. The molecule has 7 heteroatoms. The van der Waals surface area contributed by atoms with E-state index < -0.39 is 13.0 Å². The number of hydrogen-bond donors (Lipinski definition) is 0. The van der Waals surface area contributed by atoms with E-state index >= 15 is 0 Å². The zero-order chi connectivity index (χ0) is 6.69. The Morgan fingerprint density at radius 1 is 1.18 bits per heavy atom. The van der Waals surface area contributed by atoms with E-state index in [0.29, 0.717) is 0 Å². The number of hydrogen-bond acceptors (Lipinski definition) is 2. The molecule has 0 fully saturated rings. The van der Waals surface area contributed by atoms with E-state index in [-0.39, 0.29) is 56.1 Å². The van der Waals surface area contributed by atoms with Gasteiger partial charge in [-0.3, -0.25) is 8.63 Å². The van der Waals surface area contributed by atoms with E-state index in [1.807, 2.05) is 0 Å². The third-order valence-electron chi connectivity index (χ3n) is 0.781. The summed E-state index contributed by atoms with van der Waals surface area (Å²) in [5, 5.41) is 0. The molecule has 0 aliphatic heterocycles. The van der Waals surface area contributed by atoms with E-state index in [0.717, 1.165) is 0 Å². The first-order chi connectivity index (χ1) is 4.30. The molecule has 0 saturated carbocycles. The Balaban J connectivity index is 0. The fourth-order valence-electron chi connectivity index (χ4n) is 0.423. The summed E-state index contributed by atoms with van der Waals surface area (Å²) in [6.07, 6.45) is 2.57. The van der Waals surface area contributed by atoms with Crippen LogP contribution in [-0.4, -0.2) is 17.2 Å². The SMILES string of the molecule is FB(F)c1ncccn1.[F-].[K+]. The van der Waals surface area contributed by atoms with Crippen LogP contribution in [-0.2, 0) is 0 Å². The normalized spacial score (nSPS) is 7.45. The van der Waals surface area contributed by atoms with Gasteiger partial charge in [-0.25, -0.2) is 9.97 Å². The summed E-state index contributed by atoms with van der Waals surface area (Å²) >= 11 is 0. The zero-order valence-corrected chi connectivity index (χ0v) is 8.96. The molecule has 0 saturated heterocycles. The van der Waals surface area contributed by atoms with E-state index in [1.54, 1.807) is 0 Å². The van der Waals surface area contributed by atoms with Gasteiger partial charge in [0.1, 0.15) is 0 Å². The van der Waals surface area contributed by atoms with Gasteiger partial charge in [-0.1, -0.05) is 0 Å². The first-order valence-electron chi connectivity index (χ1n) is 2.36. The predicted molar refractivity (Wildman–Crippen MR) is 29.6 cm³/mol. The molecular weight excluding hydrogens is 183 g/mol. The van der Waals surface area contributed by atoms with Crippen molar-refractivity contribution in [3.05, 3.63) is 18.5 Å².